The Labute approximate surface area is 101 Å². The van der Waals surface area contributed by atoms with Crippen LogP contribution < -0.4 is 5.73 Å². The zero-order chi connectivity index (χ0) is 12.3. The molecular formula is C10H18N2O2S2. The molecule has 0 radical (unpaired) electrons. The van der Waals surface area contributed by atoms with Gasteiger partial charge >= 0.3 is 0 Å². The number of anilines is 1. The van der Waals surface area contributed by atoms with Crippen molar-refractivity contribution in [2.75, 3.05) is 12.3 Å². The molecule has 0 bridgehead atoms. The van der Waals surface area contributed by atoms with E-state index in [-0.39, 0.29) is 6.04 Å². The molecule has 4 nitrogen and oxygen atoms in total. The molecular weight excluding hydrogens is 244 g/mol. The summed E-state index contributed by atoms with van der Waals surface area (Å²) < 4.78 is 26.4. The number of rotatable bonds is 5. The third kappa shape index (κ3) is 2.75. The lowest BCUT2D eigenvalue weighted by Gasteiger charge is -2.24. The standard InChI is InChI=1S/C10H18N2O2S2/c1-4-5-12(8(2)3)16(13,14)10-6-9(11)7-15-10/h6-8H,4-5,11H2,1-3H3. The second-order valence-electron chi connectivity index (χ2n) is 3.91. The van der Waals surface area contributed by atoms with Gasteiger partial charge in [-0.15, -0.1) is 11.3 Å². The highest BCUT2D eigenvalue weighted by atomic mass is 32.2. The van der Waals surface area contributed by atoms with Gasteiger partial charge in [-0.1, -0.05) is 6.92 Å². The van der Waals surface area contributed by atoms with Crippen LogP contribution in [0.3, 0.4) is 0 Å². The van der Waals surface area contributed by atoms with Gasteiger partial charge in [0.15, 0.2) is 0 Å². The van der Waals surface area contributed by atoms with Gasteiger partial charge in [0.2, 0.25) is 0 Å². The third-order valence-electron chi connectivity index (χ3n) is 2.18. The van der Waals surface area contributed by atoms with Gasteiger partial charge in [-0.05, 0) is 26.3 Å². The Bertz CT molecular complexity index is 437. The van der Waals surface area contributed by atoms with Crippen molar-refractivity contribution in [1.82, 2.24) is 4.31 Å². The molecule has 1 heterocycles. The molecule has 0 saturated carbocycles. The SMILES string of the molecule is CCCN(C(C)C)S(=O)(=O)c1cc(N)cs1. The van der Waals surface area contributed by atoms with E-state index in [1.807, 2.05) is 20.8 Å². The van der Waals surface area contributed by atoms with Crippen LogP contribution >= 0.6 is 11.3 Å². The minimum absolute atomic E-state index is 0.0340. The molecule has 16 heavy (non-hydrogen) atoms. The maximum absolute atomic E-state index is 12.3. The smallest absolute Gasteiger partial charge is 0.252 e. The van der Waals surface area contributed by atoms with Gasteiger partial charge in [0.05, 0.1) is 0 Å². The molecule has 0 fully saturated rings. The van der Waals surface area contributed by atoms with Crippen LogP contribution in [0.2, 0.25) is 0 Å². The number of sulfonamides is 1. The fourth-order valence-electron chi connectivity index (χ4n) is 1.46. The molecule has 2 N–H and O–H groups in total. The summed E-state index contributed by atoms with van der Waals surface area (Å²) in [4.78, 5) is 0. The van der Waals surface area contributed by atoms with Crippen LogP contribution in [0.5, 0.6) is 0 Å². The average molecular weight is 262 g/mol. The van der Waals surface area contributed by atoms with Crippen molar-refractivity contribution >= 4 is 27.0 Å². The van der Waals surface area contributed by atoms with Gasteiger partial charge in [0.1, 0.15) is 4.21 Å². The zero-order valence-electron chi connectivity index (χ0n) is 9.80. The quantitative estimate of drug-likeness (QED) is 0.884. The minimum Gasteiger partial charge on any atom is -0.398 e. The Balaban J connectivity index is 3.08. The first-order chi connectivity index (χ1) is 7.39. The monoisotopic (exact) mass is 262 g/mol. The highest BCUT2D eigenvalue weighted by Crippen LogP contribution is 2.26. The molecule has 0 atom stereocenters. The second-order valence-corrected chi connectivity index (χ2v) is 6.94. The number of hydrogen-bond acceptors (Lipinski definition) is 4. The highest BCUT2D eigenvalue weighted by molar-refractivity contribution is 7.91. The lowest BCUT2D eigenvalue weighted by atomic mass is 10.4. The van der Waals surface area contributed by atoms with Crippen molar-refractivity contribution in [3.63, 3.8) is 0 Å². The van der Waals surface area contributed by atoms with Crippen LogP contribution in [0.25, 0.3) is 0 Å². The van der Waals surface area contributed by atoms with Gasteiger partial charge < -0.3 is 5.73 Å². The van der Waals surface area contributed by atoms with Gasteiger partial charge in [-0.25, -0.2) is 8.42 Å². The predicted molar refractivity (Wildman–Crippen MR) is 68.1 cm³/mol. The van der Waals surface area contributed by atoms with Gasteiger partial charge in [-0.2, -0.15) is 4.31 Å². The molecule has 0 aliphatic carbocycles. The first kappa shape index (κ1) is 13.5. The van der Waals surface area contributed by atoms with Crippen molar-refractivity contribution < 1.29 is 8.42 Å². The molecule has 1 rings (SSSR count). The summed E-state index contributed by atoms with van der Waals surface area (Å²) in [5.74, 6) is 0. The summed E-state index contributed by atoms with van der Waals surface area (Å²) in [5.41, 5.74) is 6.06. The first-order valence-electron chi connectivity index (χ1n) is 5.25. The number of nitrogens with two attached hydrogens (primary N) is 1. The van der Waals surface area contributed by atoms with Crippen molar-refractivity contribution in [2.24, 2.45) is 0 Å². The van der Waals surface area contributed by atoms with Gasteiger partial charge in [-0.3, -0.25) is 0 Å². The Morgan fingerprint density at radius 2 is 2.12 bits per heavy atom. The third-order valence-corrected chi connectivity index (χ3v) is 5.69. The Morgan fingerprint density at radius 1 is 1.50 bits per heavy atom. The first-order valence-corrected chi connectivity index (χ1v) is 7.57. The van der Waals surface area contributed by atoms with Crippen LogP contribution in [0.4, 0.5) is 5.69 Å². The van der Waals surface area contributed by atoms with E-state index in [4.69, 9.17) is 5.73 Å². The molecule has 1 aromatic rings. The number of hydrogen-bond donors (Lipinski definition) is 1. The maximum Gasteiger partial charge on any atom is 0.252 e. The molecule has 0 aliphatic rings. The highest BCUT2D eigenvalue weighted by Gasteiger charge is 2.27. The summed E-state index contributed by atoms with van der Waals surface area (Å²) in [6.45, 7) is 6.26. The second kappa shape index (κ2) is 5.16. The van der Waals surface area contributed by atoms with Crippen molar-refractivity contribution in [1.29, 1.82) is 0 Å². The molecule has 0 unspecified atom stereocenters. The molecule has 0 amide bonds. The number of thiophene rings is 1. The topological polar surface area (TPSA) is 63.4 Å². The largest absolute Gasteiger partial charge is 0.398 e. The van der Waals surface area contributed by atoms with Crippen LogP contribution in [0.15, 0.2) is 15.7 Å². The van der Waals surface area contributed by atoms with E-state index in [1.165, 1.54) is 21.7 Å². The number of nitrogen functional groups attached to an aromatic ring is 1. The van der Waals surface area contributed by atoms with Crippen LogP contribution in [-0.2, 0) is 10.0 Å². The summed E-state index contributed by atoms with van der Waals surface area (Å²) in [6.07, 6.45) is 0.804. The summed E-state index contributed by atoms with van der Waals surface area (Å²) >= 11 is 1.17. The predicted octanol–water partition coefficient (Wildman–Crippen LogP) is 2.14. The van der Waals surface area contributed by atoms with E-state index in [0.29, 0.717) is 16.4 Å². The van der Waals surface area contributed by atoms with E-state index in [2.05, 4.69) is 0 Å². The normalized spacial score (nSPS) is 12.6. The van der Waals surface area contributed by atoms with Crippen molar-refractivity contribution in [3.05, 3.63) is 11.4 Å². The van der Waals surface area contributed by atoms with E-state index < -0.39 is 10.0 Å². The summed E-state index contributed by atoms with van der Waals surface area (Å²) in [7, 11) is -3.37. The minimum atomic E-state index is -3.37. The summed E-state index contributed by atoms with van der Waals surface area (Å²) in [6, 6.07) is 1.48. The molecule has 92 valence electrons. The molecule has 0 spiro atoms. The van der Waals surface area contributed by atoms with E-state index in [1.54, 1.807) is 5.38 Å². The molecule has 0 aliphatic heterocycles. The summed E-state index contributed by atoms with van der Waals surface area (Å²) in [5, 5.41) is 1.65. The average Bonchev–Trinajstić information content (AvgIpc) is 2.61. The molecule has 6 heteroatoms. The van der Waals surface area contributed by atoms with Crippen molar-refractivity contribution in [2.45, 2.75) is 37.4 Å². The lowest BCUT2D eigenvalue weighted by molar-refractivity contribution is 0.355. The fourth-order valence-corrected chi connectivity index (χ4v) is 4.39. The number of nitrogens with zero attached hydrogens (tertiary/aromatic N) is 1. The van der Waals surface area contributed by atoms with Crippen molar-refractivity contribution in [3.8, 4) is 0 Å². The van der Waals surface area contributed by atoms with E-state index in [0.717, 1.165) is 6.42 Å². The maximum atomic E-state index is 12.3. The Morgan fingerprint density at radius 3 is 2.50 bits per heavy atom. The van der Waals surface area contributed by atoms with Crippen LogP contribution in [-0.4, -0.2) is 25.3 Å². The Kier molecular flexibility index (Phi) is 4.35. The molecule has 0 aromatic carbocycles. The molecule has 1 aromatic heterocycles. The Hall–Kier alpha value is -0.590. The fraction of sp³-hybridized carbons (Fsp3) is 0.600. The van der Waals surface area contributed by atoms with Crippen LogP contribution in [0.1, 0.15) is 27.2 Å². The van der Waals surface area contributed by atoms with E-state index in [9.17, 15) is 8.42 Å². The van der Waals surface area contributed by atoms with Gasteiger partial charge in [0, 0.05) is 23.7 Å². The zero-order valence-corrected chi connectivity index (χ0v) is 11.4. The van der Waals surface area contributed by atoms with Crippen LogP contribution in [0, 0.1) is 0 Å². The van der Waals surface area contributed by atoms with Gasteiger partial charge in [0.25, 0.3) is 10.0 Å². The lowest BCUT2D eigenvalue weighted by Crippen LogP contribution is -2.37. The molecule has 0 saturated heterocycles. The van der Waals surface area contributed by atoms with E-state index >= 15 is 0 Å².